The van der Waals surface area contributed by atoms with Crippen LogP contribution in [0.25, 0.3) is 21.9 Å². The second-order valence-electron chi connectivity index (χ2n) is 6.41. The Morgan fingerprint density at radius 1 is 1.12 bits per heavy atom. The van der Waals surface area contributed by atoms with Gasteiger partial charge in [0.1, 0.15) is 11.3 Å². The normalized spacial score (nSPS) is 16.0. The molecule has 25 heavy (non-hydrogen) atoms. The Bertz CT molecular complexity index is 1020. The molecule has 0 aliphatic carbocycles. The Balaban J connectivity index is 1.75. The van der Waals surface area contributed by atoms with Crippen molar-refractivity contribution in [2.75, 3.05) is 13.2 Å². The third-order valence-corrected chi connectivity index (χ3v) is 5.51. The fourth-order valence-corrected chi connectivity index (χ4v) is 4.28. The summed E-state index contributed by atoms with van der Waals surface area (Å²) < 4.78 is 8.02. The molecule has 6 heteroatoms. The molecule has 5 rings (SSSR count). The van der Waals surface area contributed by atoms with Crippen LogP contribution in [0.4, 0.5) is 0 Å². The van der Waals surface area contributed by atoms with Gasteiger partial charge in [-0.2, -0.15) is 0 Å². The predicted octanol–water partition coefficient (Wildman–Crippen LogP) is 3.98. The maximum atomic E-state index is 5.59. The molecule has 0 N–H and O–H groups in total. The first kappa shape index (κ1) is 15.0. The molecule has 1 saturated heterocycles. The fraction of sp³-hybridized carbons (Fsp3) is 0.316. The van der Waals surface area contributed by atoms with Crippen LogP contribution in [-0.4, -0.2) is 32.7 Å². The molecular formula is C19H18N4OS. The number of aromatic nitrogens is 4. The number of imidazole rings is 1. The molecule has 0 bridgehead atoms. The molecule has 1 fully saturated rings. The van der Waals surface area contributed by atoms with Crippen LogP contribution in [-0.2, 0) is 11.2 Å². The summed E-state index contributed by atoms with van der Waals surface area (Å²) >= 11 is 1.63. The van der Waals surface area contributed by atoms with E-state index in [0.717, 1.165) is 55.0 Å². The van der Waals surface area contributed by atoms with Crippen molar-refractivity contribution in [2.24, 2.45) is 0 Å². The molecule has 4 aromatic rings. The van der Waals surface area contributed by atoms with Crippen molar-refractivity contribution < 1.29 is 4.74 Å². The van der Waals surface area contributed by atoms with Crippen molar-refractivity contribution in [3.05, 3.63) is 52.9 Å². The fourth-order valence-electron chi connectivity index (χ4n) is 3.72. The molecule has 1 aromatic carbocycles. The quantitative estimate of drug-likeness (QED) is 0.561. The molecule has 0 radical (unpaired) electrons. The average Bonchev–Trinajstić information content (AvgIpc) is 3.30. The Hall–Kier alpha value is -2.31. The number of benzene rings is 1. The van der Waals surface area contributed by atoms with Crippen LogP contribution in [0.2, 0.25) is 0 Å². The summed E-state index contributed by atoms with van der Waals surface area (Å²) in [4.78, 5) is 14.0. The Morgan fingerprint density at radius 3 is 2.84 bits per heavy atom. The number of pyridine rings is 1. The van der Waals surface area contributed by atoms with E-state index in [2.05, 4.69) is 38.1 Å². The largest absolute Gasteiger partial charge is 0.381 e. The number of fused-ring (bicyclic) bond motifs is 3. The monoisotopic (exact) mass is 350 g/mol. The summed E-state index contributed by atoms with van der Waals surface area (Å²) in [6.45, 7) is 1.62. The van der Waals surface area contributed by atoms with Gasteiger partial charge in [-0.1, -0.05) is 18.2 Å². The van der Waals surface area contributed by atoms with E-state index >= 15 is 0 Å². The van der Waals surface area contributed by atoms with Gasteiger partial charge in [-0.15, -0.1) is 11.3 Å². The van der Waals surface area contributed by atoms with Gasteiger partial charge in [0, 0.05) is 36.4 Å². The van der Waals surface area contributed by atoms with Gasteiger partial charge in [0.2, 0.25) is 0 Å². The maximum Gasteiger partial charge on any atom is 0.116 e. The molecule has 1 aliphatic heterocycles. The van der Waals surface area contributed by atoms with Gasteiger partial charge in [-0.3, -0.25) is 4.98 Å². The minimum atomic E-state index is 0.415. The highest BCUT2D eigenvalue weighted by Gasteiger charge is 2.23. The number of thiazole rings is 1. The first-order valence-corrected chi connectivity index (χ1v) is 9.54. The predicted molar refractivity (Wildman–Crippen MR) is 99.0 cm³/mol. The highest BCUT2D eigenvalue weighted by atomic mass is 32.1. The van der Waals surface area contributed by atoms with Crippen LogP contribution in [0.15, 0.2) is 41.4 Å². The molecular weight excluding hydrogens is 332 g/mol. The second-order valence-corrected chi connectivity index (χ2v) is 7.13. The van der Waals surface area contributed by atoms with E-state index < -0.39 is 0 Å². The summed E-state index contributed by atoms with van der Waals surface area (Å²) in [6, 6.07) is 8.74. The van der Waals surface area contributed by atoms with Gasteiger partial charge in [0.25, 0.3) is 0 Å². The molecule has 0 unspecified atom stereocenters. The molecule has 126 valence electrons. The number of para-hydroxylation sites is 1. The average molecular weight is 350 g/mol. The Morgan fingerprint density at radius 2 is 2.00 bits per heavy atom. The van der Waals surface area contributed by atoms with Gasteiger partial charge < -0.3 is 9.30 Å². The molecule has 4 heterocycles. The van der Waals surface area contributed by atoms with Crippen LogP contribution < -0.4 is 0 Å². The van der Waals surface area contributed by atoms with E-state index in [-0.39, 0.29) is 0 Å². The lowest BCUT2D eigenvalue weighted by atomic mass is 10.1. The summed E-state index contributed by atoms with van der Waals surface area (Å²) in [6.07, 6.45) is 4.69. The summed E-state index contributed by atoms with van der Waals surface area (Å²) in [5, 5.41) is 3.27. The highest BCUT2D eigenvalue weighted by Crippen LogP contribution is 2.32. The van der Waals surface area contributed by atoms with E-state index in [4.69, 9.17) is 9.72 Å². The molecule has 0 amide bonds. The van der Waals surface area contributed by atoms with Gasteiger partial charge >= 0.3 is 0 Å². The lowest BCUT2D eigenvalue weighted by molar-refractivity contribution is 0.0700. The number of nitrogens with zero attached hydrogens (tertiary/aromatic N) is 4. The van der Waals surface area contributed by atoms with Gasteiger partial charge in [0.05, 0.1) is 28.4 Å². The summed E-state index contributed by atoms with van der Waals surface area (Å²) in [7, 11) is 0. The van der Waals surface area contributed by atoms with Gasteiger partial charge in [0.15, 0.2) is 0 Å². The first-order chi connectivity index (χ1) is 12.4. The van der Waals surface area contributed by atoms with Crippen LogP contribution in [0.1, 0.15) is 30.4 Å². The zero-order valence-corrected chi connectivity index (χ0v) is 14.6. The smallest absolute Gasteiger partial charge is 0.116 e. The van der Waals surface area contributed by atoms with Crippen molar-refractivity contribution in [3.8, 4) is 0 Å². The van der Waals surface area contributed by atoms with Crippen LogP contribution >= 0.6 is 11.3 Å². The maximum absolute atomic E-state index is 5.59. The third-order valence-electron chi connectivity index (χ3n) is 4.87. The Labute approximate surface area is 149 Å². The van der Waals surface area contributed by atoms with Crippen molar-refractivity contribution in [1.29, 1.82) is 0 Å². The first-order valence-electron chi connectivity index (χ1n) is 8.59. The molecule has 5 nitrogen and oxygen atoms in total. The number of ether oxygens (including phenoxy) is 1. The zero-order chi connectivity index (χ0) is 16.6. The summed E-state index contributed by atoms with van der Waals surface area (Å²) in [5.41, 5.74) is 6.14. The lowest BCUT2D eigenvalue weighted by Crippen LogP contribution is -2.21. The van der Waals surface area contributed by atoms with E-state index in [9.17, 15) is 0 Å². The topological polar surface area (TPSA) is 52.8 Å². The zero-order valence-electron chi connectivity index (χ0n) is 13.8. The van der Waals surface area contributed by atoms with E-state index in [1.807, 2.05) is 17.8 Å². The SMILES string of the molecule is c1ccc2c(c1)ncc1nc(Cc3cscn3)n(C3CCOCC3)c12. The molecule has 0 saturated carbocycles. The van der Waals surface area contributed by atoms with Crippen molar-refractivity contribution in [1.82, 2.24) is 19.5 Å². The van der Waals surface area contributed by atoms with Crippen molar-refractivity contribution >= 4 is 33.3 Å². The van der Waals surface area contributed by atoms with Crippen LogP contribution in [0, 0.1) is 0 Å². The minimum absolute atomic E-state index is 0.415. The van der Waals surface area contributed by atoms with Gasteiger partial charge in [-0.25, -0.2) is 9.97 Å². The van der Waals surface area contributed by atoms with E-state index in [1.165, 1.54) is 10.9 Å². The highest BCUT2D eigenvalue weighted by molar-refractivity contribution is 7.07. The van der Waals surface area contributed by atoms with E-state index in [1.54, 1.807) is 11.3 Å². The molecule has 1 aliphatic rings. The molecule has 0 spiro atoms. The summed E-state index contributed by atoms with van der Waals surface area (Å²) in [5.74, 6) is 1.07. The molecule has 0 atom stereocenters. The number of hydrogen-bond acceptors (Lipinski definition) is 5. The third kappa shape index (κ3) is 2.62. The van der Waals surface area contributed by atoms with E-state index in [0.29, 0.717) is 6.04 Å². The standard InChI is InChI=1S/C19H18N4OS/c1-2-4-16-15(3-1)19-17(10-20-16)22-18(9-13-11-25-12-21-13)23(19)14-5-7-24-8-6-14/h1-4,10-12,14H,5-9H2. The van der Waals surface area contributed by atoms with Crippen molar-refractivity contribution in [3.63, 3.8) is 0 Å². The minimum Gasteiger partial charge on any atom is -0.381 e. The van der Waals surface area contributed by atoms with Crippen LogP contribution in [0.3, 0.4) is 0 Å². The van der Waals surface area contributed by atoms with Gasteiger partial charge in [-0.05, 0) is 18.9 Å². The van der Waals surface area contributed by atoms with Crippen molar-refractivity contribution in [2.45, 2.75) is 25.3 Å². The number of rotatable bonds is 3. The molecule has 3 aromatic heterocycles. The van der Waals surface area contributed by atoms with Crippen LogP contribution in [0.5, 0.6) is 0 Å². The second kappa shape index (κ2) is 6.20. The Kier molecular flexibility index (Phi) is 3.72. The number of hydrogen-bond donors (Lipinski definition) is 0. The lowest BCUT2D eigenvalue weighted by Gasteiger charge is -2.26.